The summed E-state index contributed by atoms with van der Waals surface area (Å²) in [5.41, 5.74) is 1.70. The maximum atomic E-state index is 4.31. The molecule has 1 aromatic heterocycles. The van der Waals surface area contributed by atoms with Gasteiger partial charge in [-0.15, -0.1) is 0 Å². The lowest BCUT2D eigenvalue weighted by molar-refractivity contribution is 0.366. The zero-order valence-electron chi connectivity index (χ0n) is 11.1. The van der Waals surface area contributed by atoms with E-state index in [0.717, 1.165) is 26.1 Å². The first-order valence-corrected chi connectivity index (χ1v) is 6.23. The van der Waals surface area contributed by atoms with Crippen LogP contribution in [0.3, 0.4) is 0 Å². The van der Waals surface area contributed by atoms with Crippen molar-refractivity contribution in [3.05, 3.63) is 18.0 Å². The number of rotatable bonds is 6. The van der Waals surface area contributed by atoms with Gasteiger partial charge >= 0.3 is 0 Å². The summed E-state index contributed by atoms with van der Waals surface area (Å²) in [7, 11) is 0. The van der Waals surface area contributed by atoms with Gasteiger partial charge in [0.25, 0.3) is 0 Å². The number of aromatic nitrogens is 2. The zero-order chi connectivity index (χ0) is 12.0. The summed E-state index contributed by atoms with van der Waals surface area (Å²) in [5, 5.41) is 7.77. The molecular formula is C13H25N3. The second kappa shape index (κ2) is 6.04. The normalized spacial score (nSPS) is 12.0. The highest BCUT2D eigenvalue weighted by molar-refractivity contribution is 5.03. The maximum Gasteiger partial charge on any atom is 0.0534 e. The number of nitrogens with one attached hydrogen (secondary N) is 1. The first-order valence-electron chi connectivity index (χ1n) is 6.23. The molecule has 0 fully saturated rings. The SMILES string of the molecule is CCCn1cc(CNCCC(C)(C)C)cn1. The Bertz CT molecular complexity index is 296. The van der Waals surface area contributed by atoms with Gasteiger partial charge in [-0.2, -0.15) is 5.10 Å². The Morgan fingerprint density at radius 3 is 2.75 bits per heavy atom. The predicted octanol–water partition coefficient (Wildman–Crippen LogP) is 2.82. The molecule has 1 N–H and O–H groups in total. The summed E-state index contributed by atoms with van der Waals surface area (Å²) in [6, 6.07) is 0. The monoisotopic (exact) mass is 223 g/mol. The Morgan fingerprint density at radius 1 is 1.38 bits per heavy atom. The molecule has 16 heavy (non-hydrogen) atoms. The van der Waals surface area contributed by atoms with Crippen molar-refractivity contribution < 1.29 is 0 Å². The lowest BCUT2D eigenvalue weighted by atomic mass is 9.92. The van der Waals surface area contributed by atoms with E-state index in [1.807, 2.05) is 10.9 Å². The smallest absolute Gasteiger partial charge is 0.0534 e. The summed E-state index contributed by atoms with van der Waals surface area (Å²) < 4.78 is 2.01. The highest BCUT2D eigenvalue weighted by Crippen LogP contribution is 2.16. The van der Waals surface area contributed by atoms with E-state index in [1.54, 1.807) is 0 Å². The molecule has 0 saturated carbocycles. The van der Waals surface area contributed by atoms with Gasteiger partial charge in [0, 0.05) is 24.8 Å². The molecule has 0 saturated heterocycles. The van der Waals surface area contributed by atoms with Crippen LogP contribution < -0.4 is 5.32 Å². The van der Waals surface area contributed by atoms with Gasteiger partial charge in [-0.25, -0.2) is 0 Å². The molecule has 0 radical (unpaired) electrons. The molecule has 1 rings (SSSR count). The van der Waals surface area contributed by atoms with Gasteiger partial charge in [-0.05, 0) is 24.8 Å². The standard InChI is InChI=1S/C13H25N3/c1-5-8-16-11-12(10-15-16)9-14-7-6-13(2,3)4/h10-11,14H,5-9H2,1-4H3. The van der Waals surface area contributed by atoms with Crippen LogP contribution >= 0.6 is 0 Å². The van der Waals surface area contributed by atoms with Gasteiger partial charge < -0.3 is 5.32 Å². The third kappa shape index (κ3) is 5.31. The molecule has 0 amide bonds. The van der Waals surface area contributed by atoms with E-state index in [1.165, 1.54) is 12.0 Å². The molecule has 1 heterocycles. The van der Waals surface area contributed by atoms with E-state index in [9.17, 15) is 0 Å². The van der Waals surface area contributed by atoms with Crippen molar-refractivity contribution in [2.24, 2.45) is 5.41 Å². The van der Waals surface area contributed by atoms with Crippen molar-refractivity contribution in [2.75, 3.05) is 6.54 Å². The summed E-state index contributed by atoms with van der Waals surface area (Å²) in [6.45, 7) is 12.0. The molecule has 0 aliphatic heterocycles. The molecule has 3 heteroatoms. The maximum absolute atomic E-state index is 4.31. The minimum absolute atomic E-state index is 0.416. The van der Waals surface area contributed by atoms with E-state index in [2.05, 4.69) is 44.3 Å². The molecule has 0 aliphatic carbocycles. The van der Waals surface area contributed by atoms with Crippen LogP contribution in [0.25, 0.3) is 0 Å². The van der Waals surface area contributed by atoms with Crippen molar-refractivity contribution in [1.82, 2.24) is 15.1 Å². The van der Waals surface area contributed by atoms with Crippen LogP contribution in [-0.2, 0) is 13.1 Å². The van der Waals surface area contributed by atoms with Crippen molar-refractivity contribution >= 4 is 0 Å². The Kier molecular flexibility index (Phi) is 5.00. The molecular weight excluding hydrogens is 198 g/mol. The lowest BCUT2D eigenvalue weighted by Gasteiger charge is -2.17. The number of hydrogen-bond donors (Lipinski definition) is 1. The fourth-order valence-electron chi connectivity index (χ4n) is 1.55. The number of hydrogen-bond acceptors (Lipinski definition) is 2. The molecule has 0 aromatic carbocycles. The van der Waals surface area contributed by atoms with Gasteiger partial charge in [0.15, 0.2) is 0 Å². The third-order valence-corrected chi connectivity index (χ3v) is 2.52. The molecule has 0 spiro atoms. The van der Waals surface area contributed by atoms with Gasteiger partial charge in [0.1, 0.15) is 0 Å². The van der Waals surface area contributed by atoms with Crippen molar-refractivity contribution in [2.45, 2.75) is 53.6 Å². The Morgan fingerprint density at radius 2 is 2.12 bits per heavy atom. The van der Waals surface area contributed by atoms with Crippen LogP contribution in [0.4, 0.5) is 0 Å². The van der Waals surface area contributed by atoms with E-state index >= 15 is 0 Å². The highest BCUT2D eigenvalue weighted by Gasteiger charge is 2.08. The fraction of sp³-hybridized carbons (Fsp3) is 0.769. The molecule has 0 bridgehead atoms. The minimum atomic E-state index is 0.416. The van der Waals surface area contributed by atoms with Crippen molar-refractivity contribution in [1.29, 1.82) is 0 Å². The third-order valence-electron chi connectivity index (χ3n) is 2.52. The summed E-state index contributed by atoms with van der Waals surface area (Å²) in [5.74, 6) is 0. The van der Waals surface area contributed by atoms with Gasteiger partial charge in [0.2, 0.25) is 0 Å². The number of nitrogens with zero attached hydrogens (tertiary/aromatic N) is 2. The Balaban J connectivity index is 2.21. The van der Waals surface area contributed by atoms with Crippen molar-refractivity contribution in [3.8, 4) is 0 Å². The first-order chi connectivity index (χ1) is 7.51. The summed E-state index contributed by atoms with van der Waals surface area (Å²) in [4.78, 5) is 0. The summed E-state index contributed by atoms with van der Waals surface area (Å²) in [6.07, 6.45) is 6.43. The van der Waals surface area contributed by atoms with Crippen LogP contribution in [0.15, 0.2) is 12.4 Å². The largest absolute Gasteiger partial charge is 0.313 e. The fourth-order valence-corrected chi connectivity index (χ4v) is 1.55. The lowest BCUT2D eigenvalue weighted by Crippen LogP contribution is -2.19. The van der Waals surface area contributed by atoms with E-state index in [0.29, 0.717) is 5.41 Å². The van der Waals surface area contributed by atoms with E-state index < -0.39 is 0 Å². The molecule has 0 unspecified atom stereocenters. The van der Waals surface area contributed by atoms with Crippen LogP contribution in [0.1, 0.15) is 46.1 Å². The first kappa shape index (κ1) is 13.2. The van der Waals surface area contributed by atoms with Crippen LogP contribution in [0, 0.1) is 5.41 Å². The van der Waals surface area contributed by atoms with E-state index in [-0.39, 0.29) is 0 Å². The van der Waals surface area contributed by atoms with Crippen molar-refractivity contribution in [3.63, 3.8) is 0 Å². The topological polar surface area (TPSA) is 29.9 Å². The average Bonchev–Trinajstić information content (AvgIpc) is 2.60. The predicted molar refractivity (Wildman–Crippen MR) is 68.3 cm³/mol. The Hall–Kier alpha value is -0.830. The van der Waals surface area contributed by atoms with Gasteiger partial charge in [0.05, 0.1) is 6.20 Å². The number of aryl methyl sites for hydroxylation is 1. The molecule has 1 aromatic rings. The second-order valence-corrected chi connectivity index (χ2v) is 5.60. The van der Waals surface area contributed by atoms with E-state index in [4.69, 9.17) is 0 Å². The minimum Gasteiger partial charge on any atom is -0.313 e. The highest BCUT2D eigenvalue weighted by atomic mass is 15.3. The molecule has 3 nitrogen and oxygen atoms in total. The quantitative estimate of drug-likeness (QED) is 0.752. The second-order valence-electron chi connectivity index (χ2n) is 5.60. The average molecular weight is 223 g/mol. The summed E-state index contributed by atoms with van der Waals surface area (Å²) >= 11 is 0. The van der Waals surface area contributed by atoms with Crippen LogP contribution in [0.5, 0.6) is 0 Å². The molecule has 0 atom stereocenters. The van der Waals surface area contributed by atoms with Gasteiger partial charge in [-0.3, -0.25) is 4.68 Å². The van der Waals surface area contributed by atoms with Crippen LogP contribution in [-0.4, -0.2) is 16.3 Å². The molecule has 0 aliphatic rings. The Labute approximate surface area is 99.2 Å². The molecule has 92 valence electrons. The zero-order valence-corrected chi connectivity index (χ0v) is 11.1. The van der Waals surface area contributed by atoms with Crippen LogP contribution in [0.2, 0.25) is 0 Å². The van der Waals surface area contributed by atoms with Gasteiger partial charge in [-0.1, -0.05) is 27.7 Å².